The second-order valence-corrected chi connectivity index (χ2v) is 4.10. The minimum absolute atomic E-state index is 0.174. The van der Waals surface area contributed by atoms with Gasteiger partial charge >= 0.3 is 0 Å². The molecule has 0 aliphatic carbocycles. The first-order valence-electron chi connectivity index (χ1n) is 5.45. The highest BCUT2D eigenvalue weighted by Gasteiger charge is 2.18. The van der Waals surface area contributed by atoms with Gasteiger partial charge in [-0.25, -0.2) is 0 Å². The maximum atomic E-state index is 9.54. The summed E-state index contributed by atoms with van der Waals surface area (Å²) in [5, 5.41) is 9.54. The lowest BCUT2D eigenvalue weighted by molar-refractivity contribution is 0.0665. The van der Waals surface area contributed by atoms with E-state index >= 15 is 0 Å². The molecule has 4 heteroatoms. The fraction of sp³-hybridized carbons (Fsp3) is 0.636. The summed E-state index contributed by atoms with van der Waals surface area (Å²) in [6.07, 6.45) is 3.49. The van der Waals surface area contributed by atoms with Gasteiger partial charge in [0.2, 0.25) is 0 Å². The largest absolute Gasteiger partial charge is 0.468 e. The molecule has 1 aliphatic rings. The number of furan rings is 1. The van der Waals surface area contributed by atoms with E-state index < -0.39 is 0 Å². The van der Waals surface area contributed by atoms with E-state index in [1.807, 2.05) is 6.07 Å². The maximum absolute atomic E-state index is 9.54. The maximum Gasteiger partial charge on any atom is 0.121 e. The number of aliphatic hydroxyl groups is 1. The van der Waals surface area contributed by atoms with Crippen LogP contribution in [0.4, 0.5) is 0 Å². The molecule has 1 aromatic rings. The lowest BCUT2D eigenvalue weighted by atomic mass is 10.1. The number of rotatable bonds is 3. The zero-order chi connectivity index (χ0) is 10.7. The quantitative estimate of drug-likeness (QED) is 0.770. The van der Waals surface area contributed by atoms with E-state index in [1.165, 1.54) is 0 Å². The number of hydrogen-bond donors (Lipinski definition) is 2. The van der Waals surface area contributed by atoms with Crippen molar-refractivity contribution in [3.8, 4) is 0 Å². The third-order valence-electron chi connectivity index (χ3n) is 2.90. The minimum atomic E-state index is -0.174. The molecule has 1 aliphatic heterocycles. The summed E-state index contributed by atoms with van der Waals surface area (Å²) in [4.78, 5) is 2.25. The van der Waals surface area contributed by atoms with Gasteiger partial charge < -0.3 is 15.3 Å². The summed E-state index contributed by atoms with van der Waals surface area (Å²) >= 11 is 0. The fourth-order valence-corrected chi connectivity index (χ4v) is 2.10. The Hall–Kier alpha value is -0.840. The molecule has 0 amide bonds. The predicted octanol–water partition coefficient (Wildman–Crippen LogP) is 0.695. The van der Waals surface area contributed by atoms with Crippen molar-refractivity contribution in [1.82, 2.24) is 4.90 Å². The highest BCUT2D eigenvalue weighted by molar-refractivity contribution is 5.16. The molecule has 1 fully saturated rings. The van der Waals surface area contributed by atoms with Crippen molar-refractivity contribution in [1.29, 1.82) is 0 Å². The summed E-state index contributed by atoms with van der Waals surface area (Å²) in [6.45, 7) is 3.08. The fourth-order valence-electron chi connectivity index (χ4n) is 2.10. The lowest BCUT2D eigenvalue weighted by Crippen LogP contribution is -2.37. The Morgan fingerprint density at radius 1 is 1.60 bits per heavy atom. The van der Waals surface area contributed by atoms with Crippen LogP contribution in [0.2, 0.25) is 0 Å². The molecule has 0 bridgehead atoms. The van der Waals surface area contributed by atoms with Crippen LogP contribution in [-0.2, 0) is 13.1 Å². The SMILES string of the molecule is NCc1occc1CN1CCCC(O)C1. The van der Waals surface area contributed by atoms with Gasteiger partial charge in [0.05, 0.1) is 18.9 Å². The molecular weight excluding hydrogens is 192 g/mol. The summed E-state index contributed by atoms with van der Waals surface area (Å²) < 4.78 is 5.27. The first kappa shape index (κ1) is 10.7. The Labute approximate surface area is 89.7 Å². The van der Waals surface area contributed by atoms with Crippen LogP contribution in [0, 0.1) is 0 Å². The Morgan fingerprint density at radius 2 is 2.47 bits per heavy atom. The van der Waals surface area contributed by atoms with Crippen molar-refractivity contribution < 1.29 is 9.52 Å². The molecule has 2 rings (SSSR count). The van der Waals surface area contributed by atoms with E-state index in [1.54, 1.807) is 6.26 Å². The zero-order valence-corrected chi connectivity index (χ0v) is 8.85. The van der Waals surface area contributed by atoms with Crippen LogP contribution < -0.4 is 5.73 Å². The Morgan fingerprint density at radius 3 is 3.20 bits per heavy atom. The molecule has 3 N–H and O–H groups in total. The van der Waals surface area contributed by atoms with Crippen LogP contribution in [0.3, 0.4) is 0 Å². The van der Waals surface area contributed by atoms with Crippen LogP contribution in [0.15, 0.2) is 16.7 Å². The van der Waals surface area contributed by atoms with Gasteiger partial charge in [-0.3, -0.25) is 4.90 Å². The third kappa shape index (κ3) is 2.59. The molecule has 84 valence electrons. The first-order valence-corrected chi connectivity index (χ1v) is 5.45. The Bertz CT molecular complexity index is 311. The van der Waals surface area contributed by atoms with Crippen LogP contribution in [-0.4, -0.2) is 29.2 Å². The second kappa shape index (κ2) is 4.79. The van der Waals surface area contributed by atoms with Gasteiger partial charge in [-0.15, -0.1) is 0 Å². The number of nitrogens with zero attached hydrogens (tertiary/aromatic N) is 1. The summed E-state index contributed by atoms with van der Waals surface area (Å²) in [5.74, 6) is 0.857. The third-order valence-corrected chi connectivity index (χ3v) is 2.90. The van der Waals surface area contributed by atoms with E-state index in [-0.39, 0.29) is 6.10 Å². The monoisotopic (exact) mass is 210 g/mol. The molecule has 4 nitrogen and oxygen atoms in total. The van der Waals surface area contributed by atoms with Crippen LogP contribution in [0.1, 0.15) is 24.2 Å². The van der Waals surface area contributed by atoms with Gasteiger partial charge in [0.15, 0.2) is 0 Å². The highest BCUT2D eigenvalue weighted by Crippen LogP contribution is 2.16. The summed E-state index contributed by atoms with van der Waals surface area (Å²) in [6, 6.07) is 1.96. The average molecular weight is 210 g/mol. The number of piperidine rings is 1. The normalized spacial score (nSPS) is 23.2. The van der Waals surface area contributed by atoms with Crippen molar-refractivity contribution in [3.63, 3.8) is 0 Å². The predicted molar refractivity (Wildman–Crippen MR) is 57.1 cm³/mol. The summed E-state index contributed by atoms with van der Waals surface area (Å²) in [7, 11) is 0. The zero-order valence-electron chi connectivity index (χ0n) is 8.85. The first-order chi connectivity index (χ1) is 7.29. The van der Waals surface area contributed by atoms with E-state index in [0.29, 0.717) is 6.54 Å². The molecule has 1 saturated heterocycles. The van der Waals surface area contributed by atoms with Crippen LogP contribution in [0.25, 0.3) is 0 Å². The Balaban J connectivity index is 1.96. The number of likely N-dealkylation sites (tertiary alicyclic amines) is 1. The smallest absolute Gasteiger partial charge is 0.121 e. The molecule has 0 spiro atoms. The van der Waals surface area contributed by atoms with Crippen molar-refractivity contribution in [3.05, 3.63) is 23.7 Å². The molecule has 0 radical (unpaired) electrons. The van der Waals surface area contributed by atoms with Gasteiger partial charge in [-0.2, -0.15) is 0 Å². The van der Waals surface area contributed by atoms with Crippen molar-refractivity contribution >= 4 is 0 Å². The topological polar surface area (TPSA) is 62.6 Å². The van der Waals surface area contributed by atoms with E-state index in [4.69, 9.17) is 10.2 Å². The van der Waals surface area contributed by atoms with Crippen LogP contribution in [0.5, 0.6) is 0 Å². The van der Waals surface area contributed by atoms with E-state index in [0.717, 1.165) is 43.8 Å². The van der Waals surface area contributed by atoms with Gasteiger partial charge in [-0.1, -0.05) is 0 Å². The van der Waals surface area contributed by atoms with Gasteiger partial charge in [0.1, 0.15) is 5.76 Å². The molecule has 1 unspecified atom stereocenters. The van der Waals surface area contributed by atoms with Crippen molar-refractivity contribution in [2.75, 3.05) is 13.1 Å². The van der Waals surface area contributed by atoms with Crippen LogP contribution >= 0.6 is 0 Å². The molecule has 0 aromatic carbocycles. The standard InChI is InChI=1S/C11H18N2O2/c12-6-11-9(3-5-15-11)7-13-4-1-2-10(14)8-13/h3,5,10,14H,1-2,4,6-8,12H2. The second-order valence-electron chi connectivity index (χ2n) is 4.10. The molecule has 2 heterocycles. The molecule has 1 aromatic heterocycles. The summed E-state index contributed by atoms with van der Waals surface area (Å²) in [5.41, 5.74) is 6.71. The average Bonchev–Trinajstić information content (AvgIpc) is 2.65. The number of aliphatic hydroxyl groups excluding tert-OH is 1. The van der Waals surface area contributed by atoms with Crippen molar-refractivity contribution in [2.45, 2.75) is 32.0 Å². The van der Waals surface area contributed by atoms with Gasteiger partial charge in [0.25, 0.3) is 0 Å². The molecule has 15 heavy (non-hydrogen) atoms. The van der Waals surface area contributed by atoms with Gasteiger partial charge in [-0.05, 0) is 25.5 Å². The van der Waals surface area contributed by atoms with Crippen molar-refractivity contribution in [2.24, 2.45) is 5.73 Å². The number of nitrogens with two attached hydrogens (primary N) is 1. The molecule has 0 saturated carbocycles. The van der Waals surface area contributed by atoms with E-state index in [2.05, 4.69) is 4.90 Å². The van der Waals surface area contributed by atoms with E-state index in [9.17, 15) is 5.11 Å². The van der Waals surface area contributed by atoms with Gasteiger partial charge in [0, 0.05) is 18.7 Å². The Kier molecular flexibility index (Phi) is 3.41. The number of hydrogen-bond acceptors (Lipinski definition) is 4. The highest BCUT2D eigenvalue weighted by atomic mass is 16.3. The minimum Gasteiger partial charge on any atom is -0.468 e. The molecular formula is C11H18N2O2. The number of β-amino-alcohol motifs (C(OH)–C–C–N with tert-alkyl or cyclic N) is 1. The lowest BCUT2D eigenvalue weighted by Gasteiger charge is -2.29. The molecule has 1 atom stereocenters.